The third-order valence-electron chi connectivity index (χ3n) is 3.50. The number of amides is 1. The van der Waals surface area contributed by atoms with E-state index < -0.39 is 29.4 Å². The van der Waals surface area contributed by atoms with Crippen LogP contribution in [0.4, 0.5) is 13.2 Å². The fraction of sp³-hybridized carbons (Fsp3) is 0.846. The van der Waals surface area contributed by atoms with Crippen molar-refractivity contribution >= 4 is 11.9 Å². The van der Waals surface area contributed by atoms with E-state index in [9.17, 15) is 22.8 Å². The maximum atomic E-state index is 12.7. The van der Waals surface area contributed by atoms with Gasteiger partial charge < -0.3 is 10.0 Å². The zero-order chi connectivity index (χ0) is 15.6. The molecule has 1 saturated heterocycles. The van der Waals surface area contributed by atoms with Crippen LogP contribution in [0.3, 0.4) is 0 Å². The number of carboxylic acids is 1. The molecule has 0 aromatic carbocycles. The number of rotatable bonds is 4. The summed E-state index contributed by atoms with van der Waals surface area (Å²) in [7, 11) is 0. The van der Waals surface area contributed by atoms with E-state index in [1.54, 1.807) is 13.8 Å². The molecular formula is C13H20F3NO3. The van der Waals surface area contributed by atoms with Crippen LogP contribution in [0.5, 0.6) is 0 Å². The van der Waals surface area contributed by atoms with Gasteiger partial charge in [0.1, 0.15) is 0 Å². The summed E-state index contributed by atoms with van der Waals surface area (Å²) >= 11 is 0. The predicted molar refractivity (Wildman–Crippen MR) is 66.0 cm³/mol. The third kappa shape index (κ3) is 5.02. The molecule has 0 bridgehead atoms. The fourth-order valence-electron chi connectivity index (χ4n) is 2.46. The Morgan fingerprint density at radius 2 is 1.85 bits per heavy atom. The zero-order valence-electron chi connectivity index (χ0n) is 11.7. The molecule has 0 aromatic heterocycles. The number of piperidine rings is 1. The fourth-order valence-corrected chi connectivity index (χ4v) is 2.46. The van der Waals surface area contributed by atoms with E-state index in [0.29, 0.717) is 13.0 Å². The molecule has 1 amide bonds. The van der Waals surface area contributed by atoms with Crippen molar-refractivity contribution in [1.82, 2.24) is 4.90 Å². The minimum Gasteiger partial charge on any atom is -0.481 e. The Bertz CT molecular complexity index is 380. The largest absolute Gasteiger partial charge is 0.481 e. The summed E-state index contributed by atoms with van der Waals surface area (Å²) in [4.78, 5) is 23.9. The monoisotopic (exact) mass is 295 g/mol. The number of hydrogen-bond acceptors (Lipinski definition) is 2. The molecule has 1 heterocycles. The molecule has 116 valence electrons. The second kappa shape index (κ2) is 6.01. The Kier molecular flexibility index (Phi) is 5.05. The first-order chi connectivity index (χ1) is 9.01. The highest BCUT2D eigenvalue weighted by atomic mass is 19.4. The zero-order valence-corrected chi connectivity index (χ0v) is 11.7. The predicted octanol–water partition coefficient (Wildman–Crippen LogP) is 2.68. The van der Waals surface area contributed by atoms with Gasteiger partial charge in [-0.3, -0.25) is 9.59 Å². The van der Waals surface area contributed by atoms with Crippen LogP contribution >= 0.6 is 0 Å². The molecule has 4 nitrogen and oxygen atoms in total. The van der Waals surface area contributed by atoms with Crippen LogP contribution in [-0.4, -0.2) is 41.1 Å². The van der Waals surface area contributed by atoms with Crippen LogP contribution < -0.4 is 0 Å². The molecule has 1 N–H and O–H groups in total. The van der Waals surface area contributed by atoms with Crippen molar-refractivity contribution in [1.29, 1.82) is 0 Å². The van der Waals surface area contributed by atoms with Gasteiger partial charge in [0.2, 0.25) is 5.91 Å². The van der Waals surface area contributed by atoms with E-state index in [2.05, 4.69) is 0 Å². The van der Waals surface area contributed by atoms with Gasteiger partial charge in [0.15, 0.2) is 0 Å². The highest BCUT2D eigenvalue weighted by molar-refractivity contribution is 5.78. The molecule has 20 heavy (non-hydrogen) atoms. The Morgan fingerprint density at radius 1 is 1.25 bits per heavy atom. The molecular weight excluding hydrogens is 275 g/mol. The van der Waals surface area contributed by atoms with Crippen LogP contribution in [0.25, 0.3) is 0 Å². The minimum absolute atomic E-state index is 0.0474. The van der Waals surface area contributed by atoms with E-state index in [1.807, 2.05) is 0 Å². The maximum Gasteiger partial charge on any atom is 0.393 e. The van der Waals surface area contributed by atoms with Crippen molar-refractivity contribution in [2.24, 2.45) is 11.3 Å². The Labute approximate surface area is 115 Å². The van der Waals surface area contributed by atoms with E-state index in [0.717, 1.165) is 0 Å². The van der Waals surface area contributed by atoms with Crippen molar-refractivity contribution < 1.29 is 27.9 Å². The topological polar surface area (TPSA) is 57.6 Å². The normalized spacial score (nSPS) is 20.9. The van der Waals surface area contributed by atoms with Gasteiger partial charge in [-0.05, 0) is 18.3 Å². The summed E-state index contributed by atoms with van der Waals surface area (Å²) in [5.41, 5.74) is -0.756. The number of carbonyl (C=O) groups excluding carboxylic acids is 1. The van der Waals surface area contributed by atoms with Crippen molar-refractivity contribution in [2.75, 3.05) is 13.1 Å². The molecule has 0 unspecified atom stereocenters. The highest BCUT2D eigenvalue weighted by Gasteiger charge is 2.43. The lowest BCUT2D eigenvalue weighted by Crippen LogP contribution is -2.45. The van der Waals surface area contributed by atoms with Gasteiger partial charge in [0.25, 0.3) is 0 Å². The molecule has 1 fully saturated rings. The van der Waals surface area contributed by atoms with E-state index in [1.165, 1.54) is 4.90 Å². The molecule has 7 heteroatoms. The average Bonchev–Trinajstić information content (AvgIpc) is 2.25. The number of aliphatic carboxylic acids is 1. The smallest absolute Gasteiger partial charge is 0.393 e. The highest BCUT2D eigenvalue weighted by Crippen LogP contribution is 2.34. The Morgan fingerprint density at radius 3 is 2.35 bits per heavy atom. The van der Waals surface area contributed by atoms with Gasteiger partial charge in [0, 0.05) is 19.5 Å². The van der Waals surface area contributed by atoms with Crippen molar-refractivity contribution in [3.8, 4) is 0 Å². The summed E-state index contributed by atoms with van der Waals surface area (Å²) < 4.78 is 38.0. The first-order valence-corrected chi connectivity index (χ1v) is 6.57. The van der Waals surface area contributed by atoms with Crippen LogP contribution in [-0.2, 0) is 9.59 Å². The second-order valence-electron chi connectivity index (χ2n) is 6.13. The number of nitrogens with zero attached hydrogens (tertiary/aromatic N) is 1. The molecule has 0 aromatic rings. The average molecular weight is 295 g/mol. The number of carboxylic acid groups (broad SMARTS) is 1. The van der Waals surface area contributed by atoms with Gasteiger partial charge >= 0.3 is 12.1 Å². The Balaban J connectivity index is 2.61. The lowest BCUT2D eigenvalue weighted by atomic mass is 9.84. The lowest BCUT2D eigenvalue weighted by Gasteiger charge is -2.35. The van der Waals surface area contributed by atoms with Gasteiger partial charge in [0.05, 0.1) is 12.3 Å². The van der Waals surface area contributed by atoms with Crippen molar-refractivity contribution in [3.63, 3.8) is 0 Å². The van der Waals surface area contributed by atoms with Gasteiger partial charge in [-0.1, -0.05) is 13.8 Å². The number of hydrogen-bond donors (Lipinski definition) is 1. The van der Waals surface area contributed by atoms with Crippen molar-refractivity contribution in [2.45, 2.75) is 45.7 Å². The molecule has 1 aliphatic heterocycles. The number of carbonyl (C=O) groups is 2. The van der Waals surface area contributed by atoms with Crippen molar-refractivity contribution in [3.05, 3.63) is 0 Å². The quantitative estimate of drug-likeness (QED) is 0.867. The standard InChI is InChI=1S/C13H20F3NO3/c1-12(2,7-11(19)20)6-10(18)17-5-3-4-9(8-17)13(14,15)16/h9H,3-8H2,1-2H3,(H,19,20)/t9-/m1/s1. The number of alkyl halides is 3. The summed E-state index contributed by atoms with van der Waals surface area (Å²) in [5, 5.41) is 8.75. The van der Waals surface area contributed by atoms with Crippen LogP contribution in [0.2, 0.25) is 0 Å². The van der Waals surface area contributed by atoms with Crippen LogP contribution in [0.1, 0.15) is 39.5 Å². The molecule has 0 aliphatic carbocycles. The minimum atomic E-state index is -4.28. The maximum absolute atomic E-state index is 12.7. The molecule has 0 spiro atoms. The second-order valence-corrected chi connectivity index (χ2v) is 6.13. The molecule has 0 radical (unpaired) electrons. The molecule has 1 atom stereocenters. The summed E-state index contributed by atoms with van der Waals surface area (Å²) in [5.74, 6) is -2.89. The van der Waals surface area contributed by atoms with Gasteiger partial charge in [-0.25, -0.2) is 0 Å². The van der Waals surface area contributed by atoms with Gasteiger partial charge in [-0.15, -0.1) is 0 Å². The molecule has 1 aliphatic rings. The number of halogens is 3. The Hall–Kier alpha value is -1.27. The van der Waals surface area contributed by atoms with Crippen LogP contribution in [0, 0.1) is 11.3 Å². The SMILES string of the molecule is CC(C)(CC(=O)O)CC(=O)N1CCC[C@@H](C(F)(F)F)C1. The molecule has 0 saturated carbocycles. The summed E-state index contributed by atoms with van der Waals surface area (Å²) in [6.45, 7) is 3.26. The van der Waals surface area contributed by atoms with Crippen LogP contribution in [0.15, 0.2) is 0 Å². The van der Waals surface area contributed by atoms with E-state index in [4.69, 9.17) is 5.11 Å². The first kappa shape index (κ1) is 16.8. The molecule has 1 rings (SSSR count). The number of likely N-dealkylation sites (tertiary alicyclic amines) is 1. The van der Waals surface area contributed by atoms with E-state index in [-0.39, 0.29) is 25.8 Å². The first-order valence-electron chi connectivity index (χ1n) is 6.57. The summed E-state index contributed by atoms with van der Waals surface area (Å²) in [6.07, 6.45) is -4.14. The van der Waals surface area contributed by atoms with E-state index >= 15 is 0 Å². The summed E-state index contributed by atoms with van der Waals surface area (Å²) in [6, 6.07) is 0. The lowest BCUT2D eigenvalue weighted by molar-refractivity contribution is -0.188. The third-order valence-corrected chi connectivity index (χ3v) is 3.50. The van der Waals surface area contributed by atoms with Gasteiger partial charge in [-0.2, -0.15) is 13.2 Å².